The Labute approximate surface area is 92.1 Å². The lowest BCUT2D eigenvalue weighted by molar-refractivity contribution is -0.149. The summed E-state index contributed by atoms with van der Waals surface area (Å²) in [7, 11) is 0. The highest BCUT2D eigenvalue weighted by Gasteiger charge is 2.58. The van der Waals surface area contributed by atoms with Crippen molar-refractivity contribution >= 4 is 11.7 Å². The van der Waals surface area contributed by atoms with Crippen LogP contribution in [0, 0.1) is 5.92 Å². The highest BCUT2D eigenvalue weighted by Crippen LogP contribution is 2.46. The summed E-state index contributed by atoms with van der Waals surface area (Å²) in [6.45, 7) is 0.276. The summed E-state index contributed by atoms with van der Waals surface area (Å²) >= 11 is 0. The molecule has 0 radical (unpaired) electrons. The lowest BCUT2D eigenvalue weighted by Crippen LogP contribution is -2.44. The van der Waals surface area contributed by atoms with E-state index in [0.717, 1.165) is 5.69 Å². The molecule has 0 spiro atoms. The first-order valence-corrected chi connectivity index (χ1v) is 5.18. The minimum Gasteiger partial charge on any atom is -0.481 e. The molecular formula is C11H12N2O3. The Hall–Kier alpha value is -1.59. The Kier molecular flexibility index (Phi) is 1.78. The van der Waals surface area contributed by atoms with Crippen molar-refractivity contribution in [2.24, 2.45) is 5.92 Å². The number of fused-ring (bicyclic) bond motifs is 3. The smallest absolute Gasteiger partial charge is 0.311 e. The van der Waals surface area contributed by atoms with Crippen LogP contribution in [0.15, 0.2) is 24.3 Å². The number of hydrogen-bond donors (Lipinski definition) is 4. The second kappa shape index (κ2) is 2.96. The van der Waals surface area contributed by atoms with Gasteiger partial charge < -0.3 is 15.5 Å². The van der Waals surface area contributed by atoms with Gasteiger partial charge in [0, 0.05) is 17.8 Å². The van der Waals surface area contributed by atoms with E-state index in [-0.39, 0.29) is 6.54 Å². The topological polar surface area (TPSA) is 81.6 Å². The van der Waals surface area contributed by atoms with Gasteiger partial charge in [-0.05, 0) is 6.07 Å². The number of carboxylic acid groups (broad SMARTS) is 1. The number of rotatable bonds is 1. The number of hydrogen-bond acceptors (Lipinski definition) is 4. The summed E-state index contributed by atoms with van der Waals surface area (Å²) in [5, 5.41) is 25.8. The van der Waals surface area contributed by atoms with Crippen molar-refractivity contribution in [3.8, 4) is 0 Å². The molecule has 2 heterocycles. The van der Waals surface area contributed by atoms with Crippen LogP contribution < -0.4 is 10.6 Å². The van der Waals surface area contributed by atoms with Crippen molar-refractivity contribution in [3.63, 3.8) is 0 Å². The summed E-state index contributed by atoms with van der Waals surface area (Å²) in [4.78, 5) is 11.1. The Morgan fingerprint density at radius 2 is 2.19 bits per heavy atom. The zero-order valence-corrected chi connectivity index (χ0v) is 8.47. The van der Waals surface area contributed by atoms with Crippen molar-refractivity contribution in [1.29, 1.82) is 0 Å². The van der Waals surface area contributed by atoms with Gasteiger partial charge in [0.1, 0.15) is 17.7 Å². The zero-order valence-electron chi connectivity index (χ0n) is 8.47. The molecule has 0 aliphatic carbocycles. The Bertz CT molecular complexity index is 462. The summed E-state index contributed by atoms with van der Waals surface area (Å²) in [5.41, 5.74) is 0.119. The van der Waals surface area contributed by atoms with E-state index in [4.69, 9.17) is 5.11 Å². The van der Waals surface area contributed by atoms with Crippen LogP contribution in [0.2, 0.25) is 0 Å². The number of para-hydroxylation sites is 1. The number of aliphatic carboxylic acids is 1. The average molecular weight is 220 g/mol. The first-order valence-electron chi connectivity index (χ1n) is 5.18. The van der Waals surface area contributed by atoms with E-state index in [0.29, 0.717) is 5.56 Å². The monoisotopic (exact) mass is 220 g/mol. The third-order valence-corrected chi connectivity index (χ3v) is 3.45. The minimum absolute atomic E-state index is 0.276. The number of carbonyl (C=O) groups is 1. The molecule has 4 N–H and O–H groups in total. The van der Waals surface area contributed by atoms with Crippen LogP contribution in [0.3, 0.4) is 0 Å². The number of aliphatic hydroxyl groups is 1. The molecule has 2 aliphatic rings. The third-order valence-electron chi connectivity index (χ3n) is 3.45. The Morgan fingerprint density at radius 1 is 1.44 bits per heavy atom. The molecule has 1 saturated heterocycles. The largest absolute Gasteiger partial charge is 0.481 e. The predicted octanol–water partition coefficient (Wildman–Crippen LogP) is -0.0702. The normalized spacial score (nSPS) is 35.3. The van der Waals surface area contributed by atoms with Crippen molar-refractivity contribution in [2.45, 2.75) is 11.8 Å². The van der Waals surface area contributed by atoms with Gasteiger partial charge in [0.2, 0.25) is 0 Å². The predicted molar refractivity (Wildman–Crippen MR) is 56.9 cm³/mol. The van der Waals surface area contributed by atoms with E-state index < -0.39 is 23.7 Å². The van der Waals surface area contributed by atoms with Gasteiger partial charge in [-0.15, -0.1) is 0 Å². The number of carboxylic acids is 1. The average Bonchev–Trinajstić information content (AvgIpc) is 2.70. The fourth-order valence-electron chi connectivity index (χ4n) is 2.64. The second-order valence-electron chi connectivity index (χ2n) is 4.25. The van der Waals surface area contributed by atoms with Gasteiger partial charge in [-0.25, -0.2) is 0 Å². The quantitative estimate of drug-likeness (QED) is 0.532. The van der Waals surface area contributed by atoms with E-state index in [1.807, 2.05) is 12.1 Å². The third kappa shape index (κ3) is 0.989. The number of nitrogens with one attached hydrogen (secondary N) is 2. The molecule has 0 amide bonds. The van der Waals surface area contributed by atoms with Crippen molar-refractivity contribution in [1.82, 2.24) is 5.32 Å². The second-order valence-corrected chi connectivity index (χ2v) is 4.25. The lowest BCUT2D eigenvalue weighted by atomic mass is 9.84. The lowest BCUT2D eigenvalue weighted by Gasteiger charge is -2.26. The molecule has 2 aliphatic heterocycles. The molecule has 1 unspecified atom stereocenters. The van der Waals surface area contributed by atoms with Gasteiger partial charge in [0.15, 0.2) is 0 Å². The first-order chi connectivity index (χ1) is 7.64. The molecular weight excluding hydrogens is 208 g/mol. The molecule has 1 fully saturated rings. The SMILES string of the molecule is O=C(O)[C@H]1CNC2Nc3ccccc3[C@]21O. The summed E-state index contributed by atoms with van der Waals surface area (Å²) in [6.07, 6.45) is -0.411. The molecule has 5 nitrogen and oxygen atoms in total. The zero-order chi connectivity index (χ0) is 11.3. The molecule has 0 saturated carbocycles. The van der Waals surface area contributed by atoms with Gasteiger partial charge in [0.05, 0.1) is 0 Å². The highest BCUT2D eigenvalue weighted by molar-refractivity contribution is 5.76. The molecule has 16 heavy (non-hydrogen) atoms. The van der Waals surface area contributed by atoms with E-state index >= 15 is 0 Å². The summed E-state index contributed by atoms with van der Waals surface area (Å²) in [5.74, 6) is -1.79. The molecule has 0 aromatic heterocycles. The molecule has 0 bridgehead atoms. The maximum atomic E-state index is 11.1. The molecule has 1 aromatic carbocycles. The van der Waals surface area contributed by atoms with Crippen LogP contribution in [0.5, 0.6) is 0 Å². The van der Waals surface area contributed by atoms with Gasteiger partial charge in [-0.1, -0.05) is 18.2 Å². The van der Waals surface area contributed by atoms with E-state index in [1.165, 1.54) is 0 Å². The Balaban J connectivity index is 2.14. The molecule has 3 atom stereocenters. The molecule has 3 rings (SSSR count). The van der Waals surface area contributed by atoms with Gasteiger partial charge in [0.25, 0.3) is 0 Å². The number of anilines is 1. The van der Waals surface area contributed by atoms with Crippen molar-refractivity contribution < 1.29 is 15.0 Å². The van der Waals surface area contributed by atoms with Crippen LogP contribution in [-0.4, -0.2) is 28.9 Å². The van der Waals surface area contributed by atoms with Gasteiger partial charge in [-0.3, -0.25) is 10.1 Å². The van der Waals surface area contributed by atoms with E-state index in [2.05, 4.69) is 10.6 Å². The van der Waals surface area contributed by atoms with Crippen LogP contribution in [0.1, 0.15) is 5.56 Å². The first kappa shape index (κ1) is 9.62. The van der Waals surface area contributed by atoms with Crippen LogP contribution in [0.25, 0.3) is 0 Å². The standard InChI is InChI=1S/C11H12N2O3/c14-9(15)7-5-12-10-11(7,16)6-3-1-2-4-8(6)13-10/h1-4,7,10,12-13,16H,5H2,(H,14,15)/t7-,10?,11-/m1/s1. The van der Waals surface area contributed by atoms with Gasteiger partial charge in [-0.2, -0.15) is 0 Å². The van der Waals surface area contributed by atoms with Crippen LogP contribution >= 0.6 is 0 Å². The fourth-order valence-corrected chi connectivity index (χ4v) is 2.64. The summed E-state index contributed by atoms with van der Waals surface area (Å²) in [6, 6.07) is 7.27. The highest BCUT2D eigenvalue weighted by atomic mass is 16.4. The van der Waals surface area contributed by atoms with Crippen molar-refractivity contribution in [3.05, 3.63) is 29.8 Å². The molecule has 84 valence electrons. The maximum Gasteiger partial charge on any atom is 0.311 e. The maximum absolute atomic E-state index is 11.1. The number of benzene rings is 1. The fraction of sp³-hybridized carbons (Fsp3) is 0.364. The molecule has 5 heteroatoms. The van der Waals surface area contributed by atoms with E-state index in [1.54, 1.807) is 12.1 Å². The van der Waals surface area contributed by atoms with Crippen molar-refractivity contribution in [2.75, 3.05) is 11.9 Å². The Morgan fingerprint density at radius 3 is 2.94 bits per heavy atom. The summed E-state index contributed by atoms with van der Waals surface area (Å²) < 4.78 is 0. The van der Waals surface area contributed by atoms with E-state index in [9.17, 15) is 9.90 Å². The molecule has 1 aromatic rings. The van der Waals surface area contributed by atoms with Gasteiger partial charge >= 0.3 is 5.97 Å². The van der Waals surface area contributed by atoms with Crippen LogP contribution in [0.4, 0.5) is 5.69 Å². The minimum atomic E-state index is -1.34. The van der Waals surface area contributed by atoms with Crippen LogP contribution in [-0.2, 0) is 10.4 Å².